The Labute approximate surface area is 120 Å². The maximum absolute atomic E-state index is 13.7. The third-order valence-electron chi connectivity index (χ3n) is 3.17. The van der Waals surface area contributed by atoms with Crippen LogP contribution in [0.2, 0.25) is 0 Å². The molecule has 0 N–H and O–H groups in total. The van der Waals surface area contributed by atoms with Crippen molar-refractivity contribution < 1.29 is 8.78 Å². The van der Waals surface area contributed by atoms with Crippen LogP contribution in [0.3, 0.4) is 0 Å². The molecule has 1 aliphatic heterocycles. The topological polar surface area (TPSA) is 25.2 Å². The molecule has 5 heteroatoms. The van der Waals surface area contributed by atoms with Crippen molar-refractivity contribution in [1.82, 2.24) is 4.98 Å². The van der Waals surface area contributed by atoms with Gasteiger partial charge >= 0.3 is 0 Å². The van der Waals surface area contributed by atoms with Gasteiger partial charge < -0.3 is 0 Å². The quantitative estimate of drug-likeness (QED) is 0.827. The number of aromatic nitrogens is 1. The second-order valence-electron chi connectivity index (χ2n) is 4.58. The van der Waals surface area contributed by atoms with E-state index in [1.165, 1.54) is 12.1 Å². The minimum absolute atomic E-state index is 0.125. The molecule has 0 aliphatic carbocycles. The van der Waals surface area contributed by atoms with Gasteiger partial charge in [0.05, 0.1) is 16.8 Å². The Morgan fingerprint density at radius 2 is 2.05 bits per heavy atom. The van der Waals surface area contributed by atoms with Crippen LogP contribution in [0.4, 0.5) is 8.78 Å². The number of benzene rings is 1. The lowest BCUT2D eigenvalue weighted by atomic mass is 10.1. The van der Waals surface area contributed by atoms with Crippen molar-refractivity contribution in [3.63, 3.8) is 0 Å². The first-order valence-electron chi connectivity index (χ1n) is 6.22. The van der Waals surface area contributed by atoms with E-state index in [4.69, 9.17) is 0 Å². The van der Waals surface area contributed by atoms with Crippen molar-refractivity contribution in [3.8, 4) is 11.3 Å². The molecule has 1 aromatic carbocycles. The Kier molecular flexibility index (Phi) is 3.53. The van der Waals surface area contributed by atoms with Crippen LogP contribution in [0.25, 0.3) is 11.3 Å². The van der Waals surface area contributed by atoms with E-state index in [0.29, 0.717) is 11.3 Å². The van der Waals surface area contributed by atoms with Gasteiger partial charge in [0.1, 0.15) is 11.6 Å². The molecule has 1 aromatic heterocycles. The first-order valence-corrected chi connectivity index (χ1v) is 7.20. The lowest BCUT2D eigenvalue weighted by Gasteiger charge is -2.07. The molecular weight excluding hydrogens is 278 g/mol. The van der Waals surface area contributed by atoms with Crippen LogP contribution in [0.1, 0.15) is 18.5 Å². The van der Waals surface area contributed by atoms with Gasteiger partial charge in [-0.25, -0.2) is 8.78 Å². The summed E-state index contributed by atoms with van der Waals surface area (Å²) in [6.07, 6.45) is 1.71. The normalized spacial score (nSPS) is 18.1. The van der Waals surface area contributed by atoms with E-state index in [9.17, 15) is 8.78 Å². The summed E-state index contributed by atoms with van der Waals surface area (Å²) in [6.45, 7) is 1.99. The average Bonchev–Trinajstić information content (AvgIpc) is 2.86. The van der Waals surface area contributed by atoms with Crippen LogP contribution in [0, 0.1) is 11.6 Å². The van der Waals surface area contributed by atoms with Crippen LogP contribution in [-0.2, 0) is 0 Å². The number of rotatable bonds is 2. The molecule has 2 nitrogen and oxygen atoms in total. The highest BCUT2D eigenvalue weighted by atomic mass is 32.2. The third kappa shape index (κ3) is 2.58. The van der Waals surface area contributed by atoms with E-state index in [1.807, 2.05) is 13.0 Å². The van der Waals surface area contributed by atoms with E-state index in [1.54, 1.807) is 24.0 Å². The maximum Gasteiger partial charge on any atom is 0.135 e. The number of hydrogen-bond acceptors (Lipinski definition) is 3. The first-order chi connectivity index (χ1) is 9.63. The number of aliphatic imine (C=N–C) groups is 1. The van der Waals surface area contributed by atoms with Gasteiger partial charge in [0.25, 0.3) is 0 Å². The zero-order valence-electron chi connectivity index (χ0n) is 10.8. The van der Waals surface area contributed by atoms with Crippen LogP contribution in [0.5, 0.6) is 0 Å². The SMILES string of the molecule is CC1=NC(c2ccc(-c3ccc(F)cc3F)nc2)CS1. The Hall–Kier alpha value is -1.75. The number of hydrogen-bond donors (Lipinski definition) is 0. The summed E-state index contributed by atoms with van der Waals surface area (Å²) in [6, 6.07) is 7.28. The van der Waals surface area contributed by atoms with Gasteiger partial charge in [-0.3, -0.25) is 9.98 Å². The summed E-state index contributed by atoms with van der Waals surface area (Å²) < 4.78 is 26.6. The zero-order valence-corrected chi connectivity index (χ0v) is 11.6. The second kappa shape index (κ2) is 5.32. The highest BCUT2D eigenvalue weighted by molar-refractivity contribution is 8.14. The van der Waals surface area contributed by atoms with Gasteiger partial charge in [-0.2, -0.15) is 0 Å². The molecule has 0 saturated carbocycles. The number of halogens is 2. The monoisotopic (exact) mass is 290 g/mol. The van der Waals surface area contributed by atoms with E-state index in [0.717, 1.165) is 22.4 Å². The Morgan fingerprint density at radius 3 is 2.65 bits per heavy atom. The predicted octanol–water partition coefficient (Wildman–Crippen LogP) is 4.23. The van der Waals surface area contributed by atoms with E-state index < -0.39 is 11.6 Å². The average molecular weight is 290 g/mol. The molecule has 1 atom stereocenters. The van der Waals surface area contributed by atoms with Gasteiger partial charge in [0, 0.05) is 23.6 Å². The first kappa shape index (κ1) is 13.2. The zero-order chi connectivity index (χ0) is 14.1. The standard InChI is InChI=1S/C15H12F2N2S/c1-9-19-15(8-20-9)10-2-5-14(18-7-10)12-4-3-11(16)6-13(12)17/h2-7,15H,8H2,1H3. The second-order valence-corrected chi connectivity index (χ2v) is 5.79. The number of pyridine rings is 1. The third-order valence-corrected chi connectivity index (χ3v) is 4.17. The Bertz CT molecular complexity index is 668. The largest absolute Gasteiger partial charge is 0.274 e. The fraction of sp³-hybridized carbons (Fsp3) is 0.200. The fourth-order valence-electron chi connectivity index (χ4n) is 2.12. The highest BCUT2D eigenvalue weighted by Gasteiger charge is 2.18. The maximum atomic E-state index is 13.7. The summed E-state index contributed by atoms with van der Waals surface area (Å²) in [7, 11) is 0. The molecule has 0 amide bonds. The molecule has 0 radical (unpaired) electrons. The molecule has 2 aromatic rings. The van der Waals surface area contributed by atoms with Crippen LogP contribution in [0.15, 0.2) is 41.5 Å². The molecule has 0 saturated heterocycles. The van der Waals surface area contributed by atoms with Gasteiger partial charge in [-0.1, -0.05) is 6.07 Å². The van der Waals surface area contributed by atoms with Crippen molar-refractivity contribution in [1.29, 1.82) is 0 Å². The lowest BCUT2D eigenvalue weighted by Crippen LogP contribution is -1.96. The molecule has 0 spiro atoms. The van der Waals surface area contributed by atoms with Gasteiger partial charge in [0.15, 0.2) is 0 Å². The van der Waals surface area contributed by atoms with Gasteiger partial charge in [0.2, 0.25) is 0 Å². The summed E-state index contributed by atoms with van der Waals surface area (Å²) >= 11 is 1.73. The number of thioether (sulfide) groups is 1. The van der Waals surface area contributed by atoms with Crippen LogP contribution < -0.4 is 0 Å². The minimum Gasteiger partial charge on any atom is -0.274 e. The van der Waals surface area contributed by atoms with Crippen molar-refractivity contribution in [2.24, 2.45) is 4.99 Å². The molecule has 1 unspecified atom stereocenters. The smallest absolute Gasteiger partial charge is 0.135 e. The summed E-state index contributed by atoms with van der Waals surface area (Å²) in [5.74, 6) is -0.274. The van der Waals surface area contributed by atoms with Crippen LogP contribution >= 0.6 is 11.8 Å². The summed E-state index contributed by atoms with van der Waals surface area (Å²) in [4.78, 5) is 8.77. The fourth-order valence-corrected chi connectivity index (χ4v) is 2.99. The van der Waals surface area contributed by atoms with Crippen molar-refractivity contribution in [2.45, 2.75) is 13.0 Å². The van der Waals surface area contributed by atoms with Crippen molar-refractivity contribution in [2.75, 3.05) is 5.75 Å². The molecule has 0 fully saturated rings. The Morgan fingerprint density at radius 1 is 1.20 bits per heavy atom. The molecule has 1 aliphatic rings. The van der Waals surface area contributed by atoms with E-state index in [-0.39, 0.29) is 6.04 Å². The molecule has 20 heavy (non-hydrogen) atoms. The van der Waals surface area contributed by atoms with Crippen molar-refractivity contribution >= 4 is 16.8 Å². The lowest BCUT2D eigenvalue weighted by molar-refractivity contribution is 0.585. The summed E-state index contributed by atoms with van der Waals surface area (Å²) in [5, 5.41) is 1.07. The number of nitrogens with zero attached hydrogens (tertiary/aromatic N) is 2. The van der Waals surface area contributed by atoms with Crippen LogP contribution in [-0.4, -0.2) is 15.8 Å². The van der Waals surface area contributed by atoms with Gasteiger partial charge in [-0.05, 0) is 30.7 Å². The van der Waals surface area contributed by atoms with E-state index in [2.05, 4.69) is 9.98 Å². The highest BCUT2D eigenvalue weighted by Crippen LogP contribution is 2.31. The van der Waals surface area contributed by atoms with Crippen molar-refractivity contribution in [3.05, 3.63) is 53.7 Å². The molecule has 3 rings (SSSR count). The Balaban J connectivity index is 1.89. The molecule has 102 valence electrons. The molecule has 0 bridgehead atoms. The molecule has 2 heterocycles. The molecular formula is C15H12F2N2S. The van der Waals surface area contributed by atoms with E-state index >= 15 is 0 Å². The minimum atomic E-state index is -0.601. The van der Waals surface area contributed by atoms with Gasteiger partial charge in [-0.15, -0.1) is 11.8 Å². The summed E-state index contributed by atoms with van der Waals surface area (Å²) in [5.41, 5.74) is 1.82. The predicted molar refractivity (Wildman–Crippen MR) is 77.9 cm³/mol.